The Bertz CT molecular complexity index is 1010. The molecule has 2 aliphatic rings. The molecule has 5 nitrogen and oxygen atoms in total. The Labute approximate surface area is 204 Å². The number of nitrogens with zero attached hydrogens (tertiary/aromatic N) is 2. The van der Waals surface area contributed by atoms with Gasteiger partial charge in [0.15, 0.2) is 0 Å². The largest absolute Gasteiger partial charge is 0.487 e. The molecule has 2 aliphatic carbocycles. The minimum atomic E-state index is -0.124. The van der Waals surface area contributed by atoms with Crippen LogP contribution in [-0.4, -0.2) is 22.5 Å². The molecule has 1 atom stereocenters. The highest BCUT2D eigenvalue weighted by atomic mass is 127. The SMILES string of the molecule is CCOC(=O)C[C@H](c1cccc(OCc2cnc(I)c(C3=CCCC3(C)C)n2)c1)C1CC1. The van der Waals surface area contributed by atoms with Crippen molar-refractivity contribution < 1.29 is 14.3 Å². The highest BCUT2D eigenvalue weighted by Crippen LogP contribution is 2.46. The second kappa shape index (κ2) is 9.89. The maximum atomic E-state index is 12.1. The minimum absolute atomic E-state index is 0.124. The maximum Gasteiger partial charge on any atom is 0.306 e. The van der Waals surface area contributed by atoms with Crippen molar-refractivity contribution in [2.75, 3.05) is 6.61 Å². The normalized spacial score (nSPS) is 18.2. The summed E-state index contributed by atoms with van der Waals surface area (Å²) in [6, 6.07) is 8.11. The van der Waals surface area contributed by atoms with Gasteiger partial charge < -0.3 is 9.47 Å². The molecule has 1 saturated carbocycles. The van der Waals surface area contributed by atoms with Crippen molar-refractivity contribution in [1.29, 1.82) is 0 Å². The Kier molecular flexibility index (Phi) is 7.17. The van der Waals surface area contributed by atoms with Gasteiger partial charge in [0.2, 0.25) is 0 Å². The summed E-state index contributed by atoms with van der Waals surface area (Å²) >= 11 is 2.27. The molecule has 1 fully saturated rings. The number of carbonyl (C=O) groups excluding carboxylic acids is 1. The molecule has 0 aliphatic heterocycles. The molecule has 0 N–H and O–H groups in total. The van der Waals surface area contributed by atoms with E-state index in [0.29, 0.717) is 25.6 Å². The minimum Gasteiger partial charge on any atom is -0.487 e. The second-order valence-corrected chi connectivity index (χ2v) is 10.4. The average molecular weight is 546 g/mol. The van der Waals surface area contributed by atoms with Gasteiger partial charge in [-0.2, -0.15) is 0 Å². The standard InChI is InChI=1S/C26H31IN2O3/c1-4-31-23(30)14-21(17-10-11-17)18-7-5-8-20(13-18)32-16-19-15-28-25(27)24(29-19)22-9-6-12-26(22,2)3/h5,7-9,13,15,17,21H,4,6,10-12,14,16H2,1-3H3/t21-/m0/s1. The van der Waals surface area contributed by atoms with Gasteiger partial charge in [-0.3, -0.25) is 4.79 Å². The van der Waals surface area contributed by atoms with Crippen LogP contribution >= 0.6 is 22.6 Å². The highest BCUT2D eigenvalue weighted by Gasteiger charge is 2.34. The van der Waals surface area contributed by atoms with Gasteiger partial charge in [0.05, 0.1) is 30.6 Å². The van der Waals surface area contributed by atoms with Crippen LogP contribution in [-0.2, 0) is 16.1 Å². The van der Waals surface area contributed by atoms with Crippen LogP contribution < -0.4 is 4.74 Å². The second-order valence-electron chi connectivity index (χ2n) is 9.36. The van der Waals surface area contributed by atoms with E-state index in [9.17, 15) is 4.79 Å². The number of benzene rings is 1. The number of rotatable bonds is 9. The molecular weight excluding hydrogens is 515 g/mol. The predicted octanol–water partition coefficient (Wildman–Crippen LogP) is 6.31. The fourth-order valence-corrected chi connectivity index (χ4v) is 5.05. The average Bonchev–Trinajstić information content (AvgIpc) is 3.54. The number of allylic oxidation sites excluding steroid dienone is 2. The maximum absolute atomic E-state index is 12.1. The van der Waals surface area contributed by atoms with E-state index in [4.69, 9.17) is 14.5 Å². The number of hydrogen-bond donors (Lipinski definition) is 0. The molecule has 4 rings (SSSR count). The smallest absolute Gasteiger partial charge is 0.306 e. The Morgan fingerprint density at radius 2 is 2.12 bits per heavy atom. The van der Waals surface area contributed by atoms with E-state index in [1.165, 1.54) is 18.4 Å². The molecular formula is C26H31IN2O3. The van der Waals surface area contributed by atoms with Crippen LogP contribution in [0.1, 0.15) is 75.7 Å². The van der Waals surface area contributed by atoms with E-state index in [-0.39, 0.29) is 17.3 Å². The molecule has 0 amide bonds. The zero-order chi connectivity index (χ0) is 22.7. The summed E-state index contributed by atoms with van der Waals surface area (Å²) in [4.78, 5) is 21.6. The lowest BCUT2D eigenvalue weighted by molar-refractivity contribution is -0.143. The molecule has 0 saturated heterocycles. The predicted molar refractivity (Wildman–Crippen MR) is 133 cm³/mol. The summed E-state index contributed by atoms with van der Waals surface area (Å²) in [6.07, 6.45) is 9.08. The van der Waals surface area contributed by atoms with Gasteiger partial charge in [-0.05, 0) is 95.7 Å². The summed E-state index contributed by atoms with van der Waals surface area (Å²) in [7, 11) is 0. The van der Waals surface area contributed by atoms with Crippen molar-refractivity contribution in [3.8, 4) is 5.75 Å². The summed E-state index contributed by atoms with van der Waals surface area (Å²) in [5.74, 6) is 1.42. The van der Waals surface area contributed by atoms with E-state index in [2.05, 4.69) is 59.6 Å². The first-order chi connectivity index (χ1) is 15.4. The summed E-state index contributed by atoms with van der Waals surface area (Å²) in [6.45, 7) is 7.17. The van der Waals surface area contributed by atoms with Crippen molar-refractivity contribution in [2.24, 2.45) is 11.3 Å². The van der Waals surface area contributed by atoms with E-state index in [0.717, 1.165) is 39.2 Å². The molecule has 1 aromatic carbocycles. The van der Waals surface area contributed by atoms with Gasteiger partial charge >= 0.3 is 5.97 Å². The van der Waals surface area contributed by atoms with Crippen molar-refractivity contribution in [1.82, 2.24) is 9.97 Å². The van der Waals surface area contributed by atoms with Gasteiger partial charge in [0.1, 0.15) is 16.1 Å². The Balaban J connectivity index is 1.47. The van der Waals surface area contributed by atoms with E-state index in [1.807, 2.05) is 19.1 Å². The Morgan fingerprint density at radius 3 is 2.81 bits per heavy atom. The molecule has 170 valence electrons. The van der Waals surface area contributed by atoms with Crippen molar-refractivity contribution in [3.63, 3.8) is 0 Å². The first-order valence-corrected chi connectivity index (χ1v) is 12.6. The van der Waals surface area contributed by atoms with Gasteiger partial charge in [0.25, 0.3) is 0 Å². The lowest BCUT2D eigenvalue weighted by atomic mass is 9.84. The van der Waals surface area contributed by atoms with Crippen LogP contribution in [0.15, 0.2) is 36.5 Å². The van der Waals surface area contributed by atoms with E-state index < -0.39 is 0 Å². The van der Waals surface area contributed by atoms with Crippen LogP contribution in [0.4, 0.5) is 0 Å². The Hall–Kier alpha value is -1.96. The summed E-state index contributed by atoms with van der Waals surface area (Å²) in [5.41, 5.74) is 4.35. The molecule has 1 heterocycles. The zero-order valence-corrected chi connectivity index (χ0v) is 21.2. The van der Waals surface area contributed by atoms with Gasteiger partial charge in [-0.25, -0.2) is 9.97 Å². The fourth-order valence-electron chi connectivity index (χ4n) is 4.50. The monoisotopic (exact) mass is 546 g/mol. The Morgan fingerprint density at radius 1 is 1.31 bits per heavy atom. The quantitative estimate of drug-likeness (QED) is 0.273. The van der Waals surface area contributed by atoms with Crippen LogP contribution in [0.5, 0.6) is 5.75 Å². The van der Waals surface area contributed by atoms with Gasteiger partial charge in [0, 0.05) is 0 Å². The van der Waals surface area contributed by atoms with Crippen molar-refractivity contribution in [2.45, 2.75) is 65.4 Å². The van der Waals surface area contributed by atoms with Gasteiger partial charge in [-0.1, -0.05) is 32.1 Å². The number of aromatic nitrogens is 2. The van der Waals surface area contributed by atoms with Crippen molar-refractivity contribution in [3.05, 3.63) is 57.2 Å². The number of ether oxygens (including phenoxy) is 2. The topological polar surface area (TPSA) is 61.3 Å². The fraction of sp³-hybridized carbons (Fsp3) is 0.500. The van der Waals surface area contributed by atoms with Crippen LogP contribution in [0.3, 0.4) is 0 Å². The third-order valence-electron chi connectivity index (χ3n) is 6.44. The molecule has 0 radical (unpaired) electrons. The number of hydrogen-bond acceptors (Lipinski definition) is 5. The molecule has 32 heavy (non-hydrogen) atoms. The molecule has 0 bridgehead atoms. The third kappa shape index (κ3) is 5.50. The number of esters is 1. The lowest BCUT2D eigenvalue weighted by Gasteiger charge is -2.22. The van der Waals surface area contributed by atoms with Crippen LogP contribution in [0, 0.1) is 15.0 Å². The lowest BCUT2D eigenvalue weighted by Crippen LogP contribution is -2.13. The molecule has 1 aromatic heterocycles. The molecule has 6 heteroatoms. The van der Waals surface area contributed by atoms with E-state index in [1.54, 1.807) is 6.20 Å². The summed E-state index contributed by atoms with van der Waals surface area (Å²) in [5, 5.41) is 0. The zero-order valence-electron chi connectivity index (χ0n) is 19.1. The highest BCUT2D eigenvalue weighted by molar-refractivity contribution is 14.1. The van der Waals surface area contributed by atoms with Gasteiger partial charge in [-0.15, -0.1) is 0 Å². The summed E-state index contributed by atoms with van der Waals surface area (Å²) < 4.78 is 12.2. The van der Waals surface area contributed by atoms with Crippen LogP contribution in [0.2, 0.25) is 0 Å². The number of carbonyl (C=O) groups is 1. The third-order valence-corrected chi connectivity index (χ3v) is 7.23. The van der Waals surface area contributed by atoms with E-state index >= 15 is 0 Å². The van der Waals surface area contributed by atoms with Crippen LogP contribution in [0.25, 0.3) is 5.57 Å². The van der Waals surface area contributed by atoms with Crippen molar-refractivity contribution >= 4 is 34.1 Å². The molecule has 0 spiro atoms. The first kappa shape index (κ1) is 23.2. The number of halogens is 1. The molecule has 2 aromatic rings. The first-order valence-electron chi connectivity index (χ1n) is 11.5. The molecule has 0 unspecified atom stereocenters.